The Bertz CT molecular complexity index is 271. The molecule has 3 N–H and O–H groups in total. The lowest BCUT2D eigenvalue weighted by molar-refractivity contribution is -0.137. The Morgan fingerprint density at radius 1 is 1.58 bits per heavy atom. The van der Waals surface area contributed by atoms with Crippen LogP contribution in [0.4, 0.5) is 5.82 Å². The van der Waals surface area contributed by atoms with Crippen molar-refractivity contribution in [2.75, 3.05) is 5.73 Å². The Hall–Kier alpha value is -1.59. The van der Waals surface area contributed by atoms with Gasteiger partial charge in [-0.2, -0.15) is 0 Å². The zero-order chi connectivity index (χ0) is 8.97. The molecule has 0 aromatic carbocycles. The van der Waals surface area contributed by atoms with Crippen molar-refractivity contribution in [1.29, 1.82) is 0 Å². The van der Waals surface area contributed by atoms with Gasteiger partial charge in [0.15, 0.2) is 5.82 Å². The third-order valence-electron chi connectivity index (χ3n) is 1.39. The van der Waals surface area contributed by atoms with Crippen molar-refractivity contribution in [2.24, 2.45) is 0 Å². The summed E-state index contributed by atoms with van der Waals surface area (Å²) in [6.45, 7) is 0. The van der Waals surface area contributed by atoms with E-state index in [-0.39, 0.29) is 12.2 Å². The van der Waals surface area contributed by atoms with Crippen LogP contribution >= 0.6 is 0 Å². The Morgan fingerprint density at radius 2 is 2.33 bits per heavy atom. The van der Waals surface area contributed by atoms with Gasteiger partial charge in [0.2, 0.25) is 0 Å². The Morgan fingerprint density at radius 3 is 2.83 bits per heavy atom. The zero-order valence-corrected chi connectivity index (χ0v) is 6.36. The molecule has 0 unspecified atom stereocenters. The van der Waals surface area contributed by atoms with E-state index in [1.165, 1.54) is 0 Å². The van der Waals surface area contributed by atoms with Crippen molar-refractivity contribution < 1.29 is 14.5 Å². The monoisotopic (exact) mass is 171 g/mol. The van der Waals surface area contributed by atoms with Crippen molar-refractivity contribution in [3.8, 4) is 0 Å². The lowest BCUT2D eigenvalue weighted by Crippen LogP contribution is -1.98. The number of carboxylic acids is 1. The van der Waals surface area contributed by atoms with Gasteiger partial charge >= 0.3 is 5.97 Å². The van der Waals surface area contributed by atoms with E-state index < -0.39 is 5.97 Å². The van der Waals surface area contributed by atoms with Gasteiger partial charge in [-0.3, -0.25) is 4.79 Å². The van der Waals surface area contributed by atoms with Gasteiger partial charge in [0.1, 0.15) is 5.69 Å². The maximum Gasteiger partial charge on any atom is 0.303 e. The SMILES string of the molecule is Nc1nonc1CCCC(=O)O. The molecule has 0 aliphatic heterocycles. The summed E-state index contributed by atoms with van der Waals surface area (Å²) in [5.74, 6) is -0.592. The maximum absolute atomic E-state index is 10.1. The van der Waals surface area contributed by atoms with E-state index in [0.29, 0.717) is 18.5 Å². The van der Waals surface area contributed by atoms with Gasteiger partial charge in [-0.05, 0) is 18.0 Å². The van der Waals surface area contributed by atoms with Crippen LogP contribution in [-0.4, -0.2) is 21.4 Å². The van der Waals surface area contributed by atoms with E-state index in [1.807, 2.05) is 0 Å². The van der Waals surface area contributed by atoms with Crippen molar-refractivity contribution in [3.63, 3.8) is 0 Å². The highest BCUT2D eigenvalue weighted by Crippen LogP contribution is 2.07. The van der Waals surface area contributed by atoms with E-state index in [9.17, 15) is 4.79 Å². The summed E-state index contributed by atoms with van der Waals surface area (Å²) >= 11 is 0. The topological polar surface area (TPSA) is 102 Å². The van der Waals surface area contributed by atoms with Crippen molar-refractivity contribution in [3.05, 3.63) is 5.69 Å². The molecule has 0 spiro atoms. The quantitative estimate of drug-likeness (QED) is 0.664. The molecule has 1 rings (SSSR count). The number of aryl methyl sites for hydroxylation is 1. The molecule has 1 aromatic heterocycles. The predicted molar refractivity (Wildman–Crippen MR) is 39.3 cm³/mol. The lowest BCUT2D eigenvalue weighted by Gasteiger charge is -1.92. The average molecular weight is 171 g/mol. The third-order valence-corrected chi connectivity index (χ3v) is 1.39. The summed E-state index contributed by atoms with van der Waals surface area (Å²) in [7, 11) is 0. The molecule has 12 heavy (non-hydrogen) atoms. The first-order chi connectivity index (χ1) is 5.70. The molecule has 66 valence electrons. The molecule has 0 aliphatic carbocycles. The summed E-state index contributed by atoms with van der Waals surface area (Å²) < 4.78 is 4.33. The van der Waals surface area contributed by atoms with Crippen LogP contribution in [0.2, 0.25) is 0 Å². The van der Waals surface area contributed by atoms with Gasteiger partial charge in [-0.15, -0.1) is 0 Å². The number of carboxylic acid groups (broad SMARTS) is 1. The van der Waals surface area contributed by atoms with Crippen molar-refractivity contribution in [2.45, 2.75) is 19.3 Å². The number of aromatic nitrogens is 2. The molecule has 6 heteroatoms. The van der Waals surface area contributed by atoms with Gasteiger partial charge in [0.25, 0.3) is 0 Å². The van der Waals surface area contributed by atoms with Crippen LogP contribution in [0, 0.1) is 0 Å². The first-order valence-corrected chi connectivity index (χ1v) is 3.49. The summed E-state index contributed by atoms with van der Waals surface area (Å²) in [5.41, 5.74) is 5.87. The number of nitrogen functional groups attached to an aromatic ring is 1. The van der Waals surface area contributed by atoms with Crippen molar-refractivity contribution in [1.82, 2.24) is 10.3 Å². The van der Waals surface area contributed by atoms with Gasteiger partial charge in [0, 0.05) is 6.42 Å². The van der Waals surface area contributed by atoms with E-state index in [0.717, 1.165) is 0 Å². The number of anilines is 1. The molecule has 0 aliphatic rings. The fourth-order valence-electron chi connectivity index (χ4n) is 0.794. The maximum atomic E-state index is 10.1. The van der Waals surface area contributed by atoms with Crippen LogP contribution in [-0.2, 0) is 11.2 Å². The molecular formula is C6H9N3O3. The van der Waals surface area contributed by atoms with Crippen LogP contribution in [0.1, 0.15) is 18.5 Å². The number of nitrogens with two attached hydrogens (primary N) is 1. The molecule has 0 saturated heterocycles. The minimum atomic E-state index is -0.829. The first kappa shape index (κ1) is 8.51. The molecule has 0 amide bonds. The highest BCUT2D eigenvalue weighted by molar-refractivity contribution is 5.66. The van der Waals surface area contributed by atoms with Crippen molar-refractivity contribution >= 4 is 11.8 Å². The van der Waals surface area contributed by atoms with Crippen LogP contribution in [0.15, 0.2) is 4.63 Å². The Kier molecular flexibility index (Phi) is 2.62. The van der Waals surface area contributed by atoms with Crippen LogP contribution < -0.4 is 5.73 Å². The summed E-state index contributed by atoms with van der Waals surface area (Å²) in [6, 6.07) is 0. The third kappa shape index (κ3) is 2.22. The second-order valence-electron chi connectivity index (χ2n) is 2.34. The van der Waals surface area contributed by atoms with Gasteiger partial charge < -0.3 is 10.8 Å². The number of nitrogens with zero attached hydrogens (tertiary/aromatic N) is 2. The molecule has 1 heterocycles. The van der Waals surface area contributed by atoms with Crippen LogP contribution in [0.5, 0.6) is 0 Å². The summed E-state index contributed by atoms with van der Waals surface area (Å²) in [6.07, 6.45) is 1.08. The molecular weight excluding hydrogens is 162 g/mol. The first-order valence-electron chi connectivity index (χ1n) is 3.49. The molecule has 0 radical (unpaired) electrons. The predicted octanol–water partition coefficient (Wildman–Crippen LogP) is 0.0591. The average Bonchev–Trinajstić information content (AvgIpc) is 2.36. The fourth-order valence-corrected chi connectivity index (χ4v) is 0.794. The number of aliphatic carboxylic acids is 1. The van der Waals surface area contributed by atoms with Crippen LogP contribution in [0.25, 0.3) is 0 Å². The van der Waals surface area contributed by atoms with E-state index in [2.05, 4.69) is 14.9 Å². The van der Waals surface area contributed by atoms with Crippen LogP contribution in [0.3, 0.4) is 0 Å². The molecule has 0 saturated carbocycles. The number of rotatable bonds is 4. The normalized spacial score (nSPS) is 10.0. The number of carbonyl (C=O) groups is 1. The fraction of sp³-hybridized carbons (Fsp3) is 0.500. The smallest absolute Gasteiger partial charge is 0.303 e. The zero-order valence-electron chi connectivity index (χ0n) is 6.36. The second-order valence-corrected chi connectivity index (χ2v) is 2.34. The van der Waals surface area contributed by atoms with Gasteiger partial charge in [0.05, 0.1) is 0 Å². The molecule has 0 atom stereocenters. The largest absolute Gasteiger partial charge is 0.481 e. The van der Waals surface area contributed by atoms with Gasteiger partial charge in [-0.1, -0.05) is 5.16 Å². The summed E-state index contributed by atoms with van der Waals surface area (Å²) in [5, 5.41) is 15.2. The minimum absolute atomic E-state index is 0.103. The van der Waals surface area contributed by atoms with E-state index >= 15 is 0 Å². The van der Waals surface area contributed by atoms with E-state index in [1.54, 1.807) is 0 Å². The number of hydrogen-bond acceptors (Lipinski definition) is 5. The van der Waals surface area contributed by atoms with E-state index in [4.69, 9.17) is 10.8 Å². The Labute approximate surface area is 68.3 Å². The Balaban J connectivity index is 2.33. The minimum Gasteiger partial charge on any atom is -0.481 e. The highest BCUT2D eigenvalue weighted by atomic mass is 16.6. The number of hydrogen-bond donors (Lipinski definition) is 2. The van der Waals surface area contributed by atoms with Gasteiger partial charge in [-0.25, -0.2) is 4.63 Å². The highest BCUT2D eigenvalue weighted by Gasteiger charge is 2.06. The molecule has 6 nitrogen and oxygen atoms in total. The lowest BCUT2D eigenvalue weighted by atomic mass is 10.2. The second kappa shape index (κ2) is 3.70. The standard InChI is InChI=1S/C6H9N3O3/c7-6-4(8-12-9-6)2-1-3-5(10)11/h1-3H2,(H2,7,9)(H,10,11). The molecule has 1 aromatic rings. The summed E-state index contributed by atoms with van der Waals surface area (Å²) in [4.78, 5) is 10.1. The molecule has 0 fully saturated rings. The molecule has 0 bridgehead atoms.